The van der Waals surface area contributed by atoms with Gasteiger partial charge in [-0.3, -0.25) is 4.79 Å². The van der Waals surface area contributed by atoms with Gasteiger partial charge in [0, 0.05) is 24.7 Å². The van der Waals surface area contributed by atoms with Crippen LogP contribution in [0.4, 0.5) is 0 Å². The number of carbonyl (C=O) groups excluding carboxylic acids is 1. The zero-order valence-corrected chi connectivity index (χ0v) is 12.4. The van der Waals surface area contributed by atoms with Crippen LogP contribution < -0.4 is 4.74 Å². The lowest BCUT2D eigenvalue weighted by atomic mass is 10.1. The number of carbonyl (C=O) groups is 1. The molecule has 2 rings (SSSR count). The van der Waals surface area contributed by atoms with E-state index >= 15 is 0 Å². The van der Waals surface area contributed by atoms with E-state index in [1.165, 1.54) is 0 Å². The van der Waals surface area contributed by atoms with Gasteiger partial charge in [-0.1, -0.05) is 11.6 Å². The molecule has 1 N–H and O–H groups in total. The third kappa shape index (κ3) is 3.87. The molecule has 1 fully saturated rings. The first-order valence-corrected chi connectivity index (χ1v) is 7.25. The number of nitrogens with zero attached hydrogens (tertiary/aromatic N) is 1. The zero-order chi connectivity index (χ0) is 14.5. The number of hydrogen-bond donors (Lipinski definition) is 1. The highest BCUT2D eigenvalue weighted by molar-refractivity contribution is 6.31. The van der Waals surface area contributed by atoms with Crippen molar-refractivity contribution in [1.82, 2.24) is 4.90 Å². The number of aliphatic hydroxyl groups excluding tert-OH is 1. The summed E-state index contributed by atoms with van der Waals surface area (Å²) in [5, 5.41) is 9.60. The van der Waals surface area contributed by atoms with E-state index in [0.29, 0.717) is 16.7 Å². The second kappa shape index (κ2) is 6.95. The molecule has 1 amide bonds. The van der Waals surface area contributed by atoms with Crippen LogP contribution in [0.1, 0.15) is 18.4 Å². The van der Waals surface area contributed by atoms with Gasteiger partial charge in [0.25, 0.3) is 5.91 Å². The van der Waals surface area contributed by atoms with E-state index in [1.54, 1.807) is 12.1 Å². The molecule has 1 aromatic rings. The van der Waals surface area contributed by atoms with Gasteiger partial charge in [0.05, 0.1) is 0 Å². The number of benzene rings is 1. The lowest BCUT2D eigenvalue weighted by Gasteiger charge is -2.17. The average molecular weight is 298 g/mol. The van der Waals surface area contributed by atoms with Gasteiger partial charge in [-0.05, 0) is 49.4 Å². The molecule has 0 radical (unpaired) electrons. The van der Waals surface area contributed by atoms with E-state index in [4.69, 9.17) is 21.4 Å². The minimum Gasteiger partial charge on any atom is -0.484 e. The maximum absolute atomic E-state index is 12.0. The fraction of sp³-hybridized carbons (Fsp3) is 0.533. The quantitative estimate of drug-likeness (QED) is 0.907. The van der Waals surface area contributed by atoms with Crippen LogP contribution in [0.2, 0.25) is 5.02 Å². The number of likely N-dealkylation sites (tertiary alicyclic amines) is 1. The zero-order valence-electron chi connectivity index (χ0n) is 11.6. The molecule has 0 aliphatic carbocycles. The highest BCUT2D eigenvalue weighted by atomic mass is 35.5. The molecule has 110 valence electrons. The van der Waals surface area contributed by atoms with Gasteiger partial charge in [0.2, 0.25) is 0 Å². The van der Waals surface area contributed by atoms with Crippen LogP contribution in [-0.2, 0) is 4.79 Å². The van der Waals surface area contributed by atoms with E-state index in [-0.39, 0.29) is 19.1 Å². The minimum absolute atomic E-state index is 0.00181. The normalized spacial score (nSPS) is 18.4. The molecule has 4 nitrogen and oxygen atoms in total. The number of aryl methyl sites for hydroxylation is 1. The van der Waals surface area contributed by atoms with Gasteiger partial charge in [-0.15, -0.1) is 0 Å². The van der Waals surface area contributed by atoms with E-state index in [9.17, 15) is 4.79 Å². The molecular weight excluding hydrogens is 278 g/mol. The van der Waals surface area contributed by atoms with E-state index < -0.39 is 0 Å². The molecule has 1 aromatic carbocycles. The Kier molecular flexibility index (Phi) is 5.26. The van der Waals surface area contributed by atoms with Crippen LogP contribution >= 0.6 is 11.6 Å². The van der Waals surface area contributed by atoms with Crippen molar-refractivity contribution in [3.63, 3.8) is 0 Å². The van der Waals surface area contributed by atoms with Gasteiger partial charge in [-0.25, -0.2) is 0 Å². The molecule has 1 aliphatic rings. The van der Waals surface area contributed by atoms with Gasteiger partial charge < -0.3 is 14.7 Å². The summed E-state index contributed by atoms with van der Waals surface area (Å²) < 4.78 is 5.51. The first-order valence-electron chi connectivity index (χ1n) is 6.87. The summed E-state index contributed by atoms with van der Waals surface area (Å²) in [6, 6.07) is 5.36. The molecule has 1 unspecified atom stereocenters. The smallest absolute Gasteiger partial charge is 0.260 e. The van der Waals surface area contributed by atoms with Crippen LogP contribution in [0.25, 0.3) is 0 Å². The highest BCUT2D eigenvalue weighted by Crippen LogP contribution is 2.22. The van der Waals surface area contributed by atoms with E-state index in [0.717, 1.165) is 31.5 Å². The van der Waals surface area contributed by atoms with Crippen molar-refractivity contribution < 1.29 is 14.6 Å². The maximum Gasteiger partial charge on any atom is 0.260 e. The third-order valence-corrected chi connectivity index (χ3v) is 4.09. The summed E-state index contributed by atoms with van der Waals surface area (Å²) in [6.07, 6.45) is 1.73. The summed E-state index contributed by atoms with van der Waals surface area (Å²) in [4.78, 5) is 13.8. The molecule has 0 bridgehead atoms. The van der Waals surface area contributed by atoms with Crippen molar-refractivity contribution in [2.75, 3.05) is 26.3 Å². The van der Waals surface area contributed by atoms with Crippen LogP contribution in [0.3, 0.4) is 0 Å². The van der Waals surface area contributed by atoms with Crippen LogP contribution in [0.15, 0.2) is 18.2 Å². The summed E-state index contributed by atoms with van der Waals surface area (Å²) in [5.41, 5.74) is 0.931. The highest BCUT2D eigenvalue weighted by Gasteiger charge is 2.25. The lowest BCUT2D eigenvalue weighted by molar-refractivity contribution is -0.132. The second-order valence-corrected chi connectivity index (χ2v) is 5.61. The summed E-state index contributed by atoms with van der Waals surface area (Å²) >= 11 is 5.94. The summed E-state index contributed by atoms with van der Waals surface area (Å²) in [6.45, 7) is 3.62. The van der Waals surface area contributed by atoms with Crippen molar-refractivity contribution >= 4 is 17.5 Å². The van der Waals surface area contributed by atoms with Crippen molar-refractivity contribution in [3.05, 3.63) is 28.8 Å². The predicted molar refractivity (Wildman–Crippen MR) is 78.1 cm³/mol. The van der Waals surface area contributed by atoms with Crippen molar-refractivity contribution in [2.24, 2.45) is 5.92 Å². The number of amides is 1. The van der Waals surface area contributed by atoms with E-state index in [1.807, 2.05) is 17.9 Å². The van der Waals surface area contributed by atoms with Crippen molar-refractivity contribution in [2.45, 2.75) is 19.8 Å². The Morgan fingerprint density at radius 1 is 1.55 bits per heavy atom. The molecule has 5 heteroatoms. The Bertz CT molecular complexity index is 478. The molecular formula is C15H20ClNO3. The van der Waals surface area contributed by atoms with Gasteiger partial charge in [-0.2, -0.15) is 0 Å². The molecule has 0 saturated carbocycles. The third-order valence-electron chi connectivity index (χ3n) is 3.67. The van der Waals surface area contributed by atoms with Gasteiger partial charge in [0.1, 0.15) is 5.75 Å². The number of ether oxygens (including phenoxy) is 1. The Morgan fingerprint density at radius 3 is 3.05 bits per heavy atom. The molecule has 1 saturated heterocycles. The SMILES string of the molecule is Cc1cc(OCC(=O)N2CCC(CCO)C2)ccc1Cl. The first kappa shape index (κ1) is 15.1. The Morgan fingerprint density at radius 2 is 2.35 bits per heavy atom. The standard InChI is InChI=1S/C15H20ClNO3/c1-11-8-13(2-3-14(11)16)20-10-15(19)17-6-4-12(9-17)5-7-18/h2-3,8,12,18H,4-7,9-10H2,1H3. The Balaban J connectivity index is 1.82. The average Bonchev–Trinajstić information content (AvgIpc) is 2.89. The molecule has 0 spiro atoms. The predicted octanol–water partition coefficient (Wildman–Crippen LogP) is 2.26. The number of rotatable bonds is 5. The van der Waals surface area contributed by atoms with Crippen LogP contribution in [0, 0.1) is 12.8 Å². The molecule has 1 aliphatic heterocycles. The second-order valence-electron chi connectivity index (χ2n) is 5.21. The van der Waals surface area contributed by atoms with Gasteiger partial charge >= 0.3 is 0 Å². The topological polar surface area (TPSA) is 49.8 Å². The molecule has 1 atom stereocenters. The summed E-state index contributed by atoms with van der Waals surface area (Å²) in [5.74, 6) is 1.08. The fourth-order valence-electron chi connectivity index (χ4n) is 2.42. The maximum atomic E-state index is 12.0. The number of aliphatic hydroxyl groups is 1. The fourth-order valence-corrected chi connectivity index (χ4v) is 2.54. The Hall–Kier alpha value is -1.26. The van der Waals surface area contributed by atoms with Crippen molar-refractivity contribution in [1.29, 1.82) is 0 Å². The largest absolute Gasteiger partial charge is 0.484 e. The van der Waals surface area contributed by atoms with Gasteiger partial charge in [0.15, 0.2) is 6.61 Å². The van der Waals surface area contributed by atoms with Crippen LogP contribution in [0.5, 0.6) is 5.75 Å². The Labute approximate surface area is 124 Å². The lowest BCUT2D eigenvalue weighted by Crippen LogP contribution is -2.33. The molecule has 20 heavy (non-hydrogen) atoms. The summed E-state index contributed by atoms with van der Waals surface area (Å²) in [7, 11) is 0. The molecule has 1 heterocycles. The molecule has 0 aromatic heterocycles. The number of halogens is 1. The van der Waals surface area contributed by atoms with E-state index in [2.05, 4.69) is 0 Å². The van der Waals surface area contributed by atoms with Crippen LogP contribution in [-0.4, -0.2) is 42.2 Å². The first-order chi connectivity index (χ1) is 9.60. The monoisotopic (exact) mass is 297 g/mol. The van der Waals surface area contributed by atoms with Crippen molar-refractivity contribution in [3.8, 4) is 5.75 Å². The minimum atomic E-state index is -0.00181. The number of hydrogen-bond acceptors (Lipinski definition) is 3.